The number of nitrogens with zero attached hydrogens (tertiary/aromatic N) is 3. The van der Waals surface area contributed by atoms with Crippen LogP contribution < -0.4 is 0 Å². The van der Waals surface area contributed by atoms with E-state index in [0.717, 1.165) is 34.3 Å². The molecule has 6 rings (SSSR count). The Balaban J connectivity index is 1.21. The number of benzene rings is 2. The van der Waals surface area contributed by atoms with E-state index in [2.05, 4.69) is 9.55 Å². The van der Waals surface area contributed by atoms with E-state index in [1.807, 2.05) is 72.9 Å². The molecule has 0 spiro atoms. The number of thioether (sulfide) groups is 2. The van der Waals surface area contributed by atoms with Crippen molar-refractivity contribution in [3.63, 3.8) is 0 Å². The van der Waals surface area contributed by atoms with Gasteiger partial charge in [-0.15, -0.1) is 11.8 Å². The predicted octanol–water partition coefficient (Wildman–Crippen LogP) is 4.46. The van der Waals surface area contributed by atoms with Crippen molar-refractivity contribution < 1.29 is 14.3 Å². The van der Waals surface area contributed by atoms with Gasteiger partial charge in [0, 0.05) is 23.9 Å². The van der Waals surface area contributed by atoms with E-state index in [1.165, 1.54) is 16.7 Å². The highest BCUT2D eigenvalue weighted by Gasteiger charge is 2.50. The summed E-state index contributed by atoms with van der Waals surface area (Å²) < 4.78 is 8.06. The zero-order valence-electron chi connectivity index (χ0n) is 17.5. The van der Waals surface area contributed by atoms with Crippen LogP contribution in [0.15, 0.2) is 88.7 Å². The Labute approximate surface area is 199 Å². The standard InChI is InChI=1S/C25H19N3O3S2/c29-22-19(13-18-14-27-11-12-32-25(27)26-18)23-28(22)20(15-33-23)24(30)31-21(16-7-3-1-4-8-16)17-9-5-2-6-10-17/h1-10,13-15,21,23H,11-12H2. The van der Waals surface area contributed by atoms with Gasteiger partial charge in [-0.2, -0.15) is 0 Å². The average Bonchev–Trinajstić information content (AvgIpc) is 3.55. The van der Waals surface area contributed by atoms with Gasteiger partial charge in [0.2, 0.25) is 0 Å². The molecule has 164 valence electrons. The Bertz CT molecular complexity index is 1240. The zero-order chi connectivity index (χ0) is 22.4. The molecule has 0 aliphatic carbocycles. The normalized spacial score (nSPS) is 20.0. The molecule has 1 aromatic heterocycles. The highest BCUT2D eigenvalue weighted by Crippen LogP contribution is 2.46. The topological polar surface area (TPSA) is 64.4 Å². The summed E-state index contributed by atoms with van der Waals surface area (Å²) in [5, 5.41) is 2.50. The molecule has 1 amide bonds. The van der Waals surface area contributed by atoms with E-state index < -0.39 is 12.1 Å². The van der Waals surface area contributed by atoms with Crippen molar-refractivity contribution >= 4 is 41.5 Å². The van der Waals surface area contributed by atoms with Crippen LogP contribution in [-0.4, -0.2) is 37.5 Å². The lowest BCUT2D eigenvalue weighted by molar-refractivity contribution is -0.148. The van der Waals surface area contributed by atoms with Gasteiger partial charge < -0.3 is 9.30 Å². The third-order valence-corrected chi connectivity index (χ3v) is 7.85. The van der Waals surface area contributed by atoms with Crippen molar-refractivity contribution in [2.75, 3.05) is 5.75 Å². The number of β-lactam (4-membered cyclic amide) rings is 1. The summed E-state index contributed by atoms with van der Waals surface area (Å²) in [6.07, 6.45) is 3.26. The first-order chi connectivity index (χ1) is 16.2. The molecule has 3 aliphatic rings. The summed E-state index contributed by atoms with van der Waals surface area (Å²) in [6.45, 7) is 0.940. The molecule has 1 fully saturated rings. The first kappa shape index (κ1) is 20.4. The fraction of sp³-hybridized carbons (Fsp3) is 0.160. The first-order valence-corrected chi connectivity index (χ1v) is 12.5. The molecular weight excluding hydrogens is 454 g/mol. The van der Waals surface area contributed by atoms with Gasteiger partial charge in [-0.3, -0.25) is 9.69 Å². The molecule has 0 saturated carbocycles. The van der Waals surface area contributed by atoms with Gasteiger partial charge in [0.15, 0.2) is 11.3 Å². The molecule has 1 atom stereocenters. The number of aromatic nitrogens is 2. The first-order valence-electron chi connectivity index (χ1n) is 10.6. The third-order valence-electron chi connectivity index (χ3n) is 5.80. The fourth-order valence-electron chi connectivity index (χ4n) is 4.17. The van der Waals surface area contributed by atoms with Crippen LogP contribution in [0, 0.1) is 0 Å². The molecule has 0 radical (unpaired) electrons. The average molecular weight is 474 g/mol. The highest BCUT2D eigenvalue weighted by molar-refractivity contribution is 8.03. The highest BCUT2D eigenvalue weighted by atomic mass is 32.2. The number of rotatable bonds is 5. The predicted molar refractivity (Wildman–Crippen MR) is 128 cm³/mol. The van der Waals surface area contributed by atoms with Gasteiger partial charge in [0.05, 0.1) is 11.3 Å². The monoisotopic (exact) mass is 473 g/mol. The van der Waals surface area contributed by atoms with Crippen LogP contribution in [0.2, 0.25) is 0 Å². The van der Waals surface area contributed by atoms with Gasteiger partial charge in [-0.1, -0.05) is 72.4 Å². The SMILES string of the molecule is O=C(OC(c1ccccc1)c1ccccc1)C1=CSC2C(=Cc3cn4c(n3)SCC4)C(=O)N12. The smallest absolute Gasteiger partial charge is 0.356 e. The molecule has 0 N–H and O–H groups in total. The Morgan fingerprint density at radius 3 is 2.45 bits per heavy atom. The molecule has 8 heteroatoms. The van der Waals surface area contributed by atoms with E-state index in [1.54, 1.807) is 17.2 Å². The van der Waals surface area contributed by atoms with Crippen LogP contribution in [-0.2, 0) is 20.9 Å². The second-order valence-corrected chi connectivity index (χ2v) is 9.88. The number of esters is 1. The molecule has 2 aromatic carbocycles. The van der Waals surface area contributed by atoms with E-state index >= 15 is 0 Å². The van der Waals surface area contributed by atoms with E-state index in [-0.39, 0.29) is 17.0 Å². The van der Waals surface area contributed by atoms with Crippen LogP contribution in [0.25, 0.3) is 6.08 Å². The second kappa shape index (κ2) is 8.28. The quantitative estimate of drug-likeness (QED) is 0.310. The van der Waals surface area contributed by atoms with Crippen LogP contribution in [0.1, 0.15) is 22.9 Å². The van der Waals surface area contributed by atoms with Crippen LogP contribution in [0.5, 0.6) is 0 Å². The van der Waals surface area contributed by atoms with Gasteiger partial charge in [0.1, 0.15) is 11.1 Å². The Kier molecular flexibility index (Phi) is 5.11. The maximum Gasteiger partial charge on any atom is 0.356 e. The number of imidazole rings is 1. The largest absolute Gasteiger partial charge is 0.448 e. The summed E-state index contributed by atoms with van der Waals surface area (Å²) in [4.78, 5) is 32.2. The van der Waals surface area contributed by atoms with E-state index in [9.17, 15) is 9.59 Å². The molecule has 3 aliphatic heterocycles. The number of fused-ring (bicyclic) bond motifs is 2. The van der Waals surface area contributed by atoms with Crippen LogP contribution >= 0.6 is 23.5 Å². The molecule has 4 heterocycles. The molecule has 6 nitrogen and oxygen atoms in total. The zero-order valence-corrected chi connectivity index (χ0v) is 19.1. The van der Waals surface area contributed by atoms with E-state index in [4.69, 9.17) is 4.74 Å². The summed E-state index contributed by atoms with van der Waals surface area (Å²) in [5.74, 6) is 0.352. The third kappa shape index (κ3) is 3.59. The number of ether oxygens (including phenoxy) is 1. The Hall–Kier alpha value is -3.23. The Morgan fingerprint density at radius 2 is 1.79 bits per heavy atom. The number of carbonyl (C=O) groups is 2. The minimum absolute atomic E-state index is 0.176. The lowest BCUT2D eigenvalue weighted by Gasteiger charge is -2.37. The van der Waals surface area contributed by atoms with Crippen molar-refractivity contribution in [1.82, 2.24) is 14.5 Å². The number of hydrogen-bond donors (Lipinski definition) is 0. The second-order valence-electron chi connectivity index (χ2n) is 7.86. The van der Waals surface area contributed by atoms with Gasteiger partial charge in [-0.25, -0.2) is 9.78 Å². The molecule has 0 bridgehead atoms. The number of amides is 1. The number of carbonyl (C=O) groups excluding carboxylic acids is 2. The van der Waals surface area contributed by atoms with E-state index in [0.29, 0.717) is 5.57 Å². The summed E-state index contributed by atoms with van der Waals surface area (Å²) in [6, 6.07) is 19.2. The van der Waals surface area contributed by atoms with Gasteiger partial charge in [-0.05, 0) is 17.2 Å². The van der Waals surface area contributed by atoms with Crippen LogP contribution in [0.3, 0.4) is 0 Å². The van der Waals surface area contributed by atoms with Gasteiger partial charge in [0.25, 0.3) is 5.91 Å². The molecule has 3 aromatic rings. The number of aryl methyl sites for hydroxylation is 1. The molecule has 1 unspecified atom stereocenters. The maximum absolute atomic E-state index is 13.2. The summed E-state index contributed by atoms with van der Waals surface area (Å²) >= 11 is 3.16. The lowest BCUT2D eigenvalue weighted by atomic mass is 10.0. The molecule has 33 heavy (non-hydrogen) atoms. The lowest BCUT2D eigenvalue weighted by Crippen LogP contribution is -2.51. The summed E-state index contributed by atoms with van der Waals surface area (Å²) in [7, 11) is 0. The molecular formula is C25H19N3O3S2. The number of hydrogen-bond acceptors (Lipinski definition) is 6. The van der Waals surface area contributed by atoms with Crippen molar-refractivity contribution in [2.24, 2.45) is 0 Å². The van der Waals surface area contributed by atoms with Crippen molar-refractivity contribution in [3.05, 3.63) is 100 Å². The minimum atomic E-state index is -0.554. The van der Waals surface area contributed by atoms with Gasteiger partial charge >= 0.3 is 5.97 Å². The molecule has 1 saturated heterocycles. The maximum atomic E-state index is 13.2. The van der Waals surface area contributed by atoms with Crippen molar-refractivity contribution in [3.8, 4) is 0 Å². The van der Waals surface area contributed by atoms with Crippen LogP contribution in [0.4, 0.5) is 0 Å². The fourth-order valence-corrected chi connectivity index (χ4v) is 6.23. The minimum Gasteiger partial charge on any atom is -0.448 e. The summed E-state index contributed by atoms with van der Waals surface area (Å²) in [5.41, 5.74) is 3.47. The van der Waals surface area contributed by atoms with Crippen molar-refractivity contribution in [2.45, 2.75) is 23.2 Å². The Morgan fingerprint density at radius 1 is 1.09 bits per heavy atom. The van der Waals surface area contributed by atoms with Crippen molar-refractivity contribution in [1.29, 1.82) is 0 Å².